The van der Waals surface area contributed by atoms with E-state index < -0.39 is 5.97 Å². The maximum atomic E-state index is 10.3. The number of nitrogens with zero attached hydrogens (tertiary/aromatic N) is 1. The third kappa shape index (κ3) is 6.17. The lowest BCUT2D eigenvalue weighted by Crippen LogP contribution is -1.99. The Balaban J connectivity index is 0. The third-order valence-electron chi connectivity index (χ3n) is 1.13. The lowest BCUT2D eigenvalue weighted by atomic mass is 10.2. The minimum Gasteiger partial charge on any atom is -0.477 e. The number of carbonyl (C=O) groups is 1. The summed E-state index contributed by atoms with van der Waals surface area (Å²) < 4.78 is 0. The highest BCUT2D eigenvalue weighted by atomic mass is 16.4. The molecule has 0 spiro atoms. The first-order valence-corrected chi connectivity index (χ1v) is 4.86. The Kier molecular flexibility index (Phi) is 10.5. The minimum absolute atomic E-state index is 0.0972. The lowest BCUT2D eigenvalue weighted by molar-refractivity contribution is 0.0690. The number of aromatic nitrogens is 1. The average Bonchev–Trinajstić information content (AvgIpc) is 2.24. The van der Waals surface area contributed by atoms with Crippen molar-refractivity contribution >= 4 is 5.97 Å². The van der Waals surface area contributed by atoms with E-state index in [4.69, 9.17) is 5.11 Å². The summed E-state index contributed by atoms with van der Waals surface area (Å²) in [5.74, 6) is -0.983. The molecule has 0 saturated heterocycles. The molecule has 0 aromatic carbocycles. The molecule has 3 heteroatoms. The predicted octanol–water partition coefficient (Wildman–Crippen LogP) is 3.14. The Morgan fingerprint density at radius 2 is 1.79 bits per heavy atom. The van der Waals surface area contributed by atoms with Gasteiger partial charge in [-0.1, -0.05) is 27.7 Å². The minimum atomic E-state index is -0.983. The fourth-order valence-electron chi connectivity index (χ4n) is 0.653. The van der Waals surface area contributed by atoms with Gasteiger partial charge in [0.1, 0.15) is 5.69 Å². The van der Waals surface area contributed by atoms with Gasteiger partial charge in [-0.05, 0) is 24.6 Å². The van der Waals surface area contributed by atoms with Crippen molar-refractivity contribution in [3.8, 4) is 0 Å². The van der Waals surface area contributed by atoms with E-state index in [0.717, 1.165) is 5.56 Å². The number of aryl methyl sites for hydroxylation is 1. The molecule has 0 bridgehead atoms. The van der Waals surface area contributed by atoms with Crippen LogP contribution in [0.5, 0.6) is 0 Å². The van der Waals surface area contributed by atoms with E-state index in [1.807, 2.05) is 34.6 Å². The van der Waals surface area contributed by atoms with E-state index in [2.05, 4.69) is 4.98 Å². The summed E-state index contributed by atoms with van der Waals surface area (Å²) in [7, 11) is 0. The third-order valence-corrected chi connectivity index (χ3v) is 1.13. The molecule has 0 aliphatic rings. The van der Waals surface area contributed by atoms with Crippen LogP contribution in [0.4, 0.5) is 0 Å². The van der Waals surface area contributed by atoms with Crippen molar-refractivity contribution in [2.45, 2.75) is 34.6 Å². The topological polar surface area (TPSA) is 50.2 Å². The molecular weight excluding hydrogens is 178 g/mol. The molecule has 0 fully saturated rings. The van der Waals surface area contributed by atoms with Gasteiger partial charge < -0.3 is 5.11 Å². The smallest absolute Gasteiger partial charge is 0.354 e. The second kappa shape index (κ2) is 9.71. The van der Waals surface area contributed by atoms with Crippen molar-refractivity contribution in [1.29, 1.82) is 0 Å². The number of hydrogen-bond acceptors (Lipinski definition) is 2. The number of carboxylic acid groups (broad SMARTS) is 1. The zero-order valence-electron chi connectivity index (χ0n) is 9.53. The van der Waals surface area contributed by atoms with Crippen molar-refractivity contribution in [3.05, 3.63) is 29.6 Å². The van der Waals surface area contributed by atoms with Crippen LogP contribution < -0.4 is 0 Å². The molecule has 1 N–H and O–H groups in total. The van der Waals surface area contributed by atoms with E-state index in [0.29, 0.717) is 0 Å². The van der Waals surface area contributed by atoms with E-state index in [1.54, 1.807) is 6.07 Å². The fraction of sp³-hybridized carbons (Fsp3) is 0.455. The Labute approximate surface area is 85.8 Å². The van der Waals surface area contributed by atoms with Gasteiger partial charge in [0.25, 0.3) is 0 Å². The summed E-state index contributed by atoms with van der Waals surface area (Å²) >= 11 is 0. The predicted molar refractivity (Wildman–Crippen MR) is 58.6 cm³/mol. The van der Waals surface area contributed by atoms with Gasteiger partial charge in [-0.2, -0.15) is 0 Å². The summed E-state index contributed by atoms with van der Waals surface area (Å²) in [6.07, 6.45) is 1.48. The second-order valence-electron chi connectivity index (χ2n) is 2.02. The standard InChI is InChI=1S/C7H7NO2.2C2H6/c1-5-2-3-8-6(4-5)7(9)10;2*1-2/h2-4H,1H3,(H,9,10);2*1-2H3. The second-order valence-corrected chi connectivity index (χ2v) is 2.02. The van der Waals surface area contributed by atoms with Crippen molar-refractivity contribution < 1.29 is 9.90 Å². The van der Waals surface area contributed by atoms with E-state index in [-0.39, 0.29) is 5.69 Å². The van der Waals surface area contributed by atoms with Gasteiger partial charge >= 0.3 is 5.97 Å². The number of aromatic carboxylic acids is 1. The van der Waals surface area contributed by atoms with Crippen molar-refractivity contribution in [1.82, 2.24) is 4.98 Å². The van der Waals surface area contributed by atoms with Crippen molar-refractivity contribution in [2.24, 2.45) is 0 Å². The lowest BCUT2D eigenvalue weighted by Gasteiger charge is -1.92. The van der Waals surface area contributed by atoms with Gasteiger partial charge in [0.2, 0.25) is 0 Å². The van der Waals surface area contributed by atoms with Crippen LogP contribution >= 0.6 is 0 Å². The van der Waals surface area contributed by atoms with Gasteiger partial charge in [0, 0.05) is 6.20 Å². The zero-order chi connectivity index (χ0) is 11.6. The van der Waals surface area contributed by atoms with Crippen LogP contribution in [0, 0.1) is 6.92 Å². The first kappa shape index (κ1) is 15.1. The van der Waals surface area contributed by atoms with Crippen LogP contribution in [0.3, 0.4) is 0 Å². The molecule has 0 amide bonds. The van der Waals surface area contributed by atoms with Crippen molar-refractivity contribution in [3.63, 3.8) is 0 Å². The van der Waals surface area contributed by atoms with Crippen LogP contribution in [-0.4, -0.2) is 16.1 Å². The molecule has 1 aromatic heterocycles. The molecule has 0 saturated carbocycles. The molecule has 0 aliphatic heterocycles. The van der Waals surface area contributed by atoms with Gasteiger partial charge in [-0.15, -0.1) is 0 Å². The molecule has 3 nitrogen and oxygen atoms in total. The molecule has 1 heterocycles. The summed E-state index contributed by atoms with van der Waals surface area (Å²) in [6, 6.07) is 3.29. The van der Waals surface area contributed by atoms with Crippen LogP contribution in [0.15, 0.2) is 18.3 Å². The molecule has 0 unspecified atom stereocenters. The highest BCUT2D eigenvalue weighted by Gasteiger charge is 2.01. The summed E-state index contributed by atoms with van der Waals surface area (Å²) in [4.78, 5) is 13.9. The quantitative estimate of drug-likeness (QED) is 0.752. The van der Waals surface area contributed by atoms with Crippen LogP contribution in [0.1, 0.15) is 43.7 Å². The van der Waals surface area contributed by atoms with E-state index in [9.17, 15) is 4.79 Å². The molecular formula is C11H19NO2. The largest absolute Gasteiger partial charge is 0.477 e. The molecule has 0 radical (unpaired) electrons. The first-order chi connectivity index (χ1) is 6.70. The molecule has 0 atom stereocenters. The van der Waals surface area contributed by atoms with Crippen LogP contribution in [0.2, 0.25) is 0 Å². The van der Waals surface area contributed by atoms with Crippen LogP contribution in [-0.2, 0) is 0 Å². The van der Waals surface area contributed by atoms with Gasteiger partial charge in [-0.3, -0.25) is 0 Å². The maximum absolute atomic E-state index is 10.3. The van der Waals surface area contributed by atoms with Crippen LogP contribution in [0.25, 0.3) is 0 Å². The van der Waals surface area contributed by atoms with Gasteiger partial charge in [0.15, 0.2) is 0 Å². The van der Waals surface area contributed by atoms with Gasteiger partial charge in [0.05, 0.1) is 0 Å². The first-order valence-electron chi connectivity index (χ1n) is 4.86. The number of hydrogen-bond donors (Lipinski definition) is 1. The van der Waals surface area contributed by atoms with E-state index in [1.165, 1.54) is 12.3 Å². The monoisotopic (exact) mass is 197 g/mol. The number of rotatable bonds is 1. The van der Waals surface area contributed by atoms with E-state index >= 15 is 0 Å². The normalized spacial score (nSPS) is 7.50. The molecule has 0 aliphatic carbocycles. The fourth-order valence-corrected chi connectivity index (χ4v) is 0.653. The Morgan fingerprint density at radius 1 is 1.29 bits per heavy atom. The average molecular weight is 197 g/mol. The highest BCUT2D eigenvalue weighted by molar-refractivity contribution is 5.85. The summed E-state index contributed by atoms with van der Waals surface area (Å²) in [5.41, 5.74) is 1.01. The Hall–Kier alpha value is -1.38. The van der Waals surface area contributed by atoms with Gasteiger partial charge in [-0.25, -0.2) is 9.78 Å². The molecule has 1 rings (SSSR count). The summed E-state index contributed by atoms with van der Waals surface area (Å²) in [6.45, 7) is 9.83. The molecule has 14 heavy (non-hydrogen) atoms. The maximum Gasteiger partial charge on any atom is 0.354 e. The number of pyridine rings is 1. The molecule has 80 valence electrons. The van der Waals surface area contributed by atoms with Crippen molar-refractivity contribution in [2.75, 3.05) is 0 Å². The highest BCUT2D eigenvalue weighted by Crippen LogP contribution is 1.98. The zero-order valence-corrected chi connectivity index (χ0v) is 9.53. The summed E-state index contributed by atoms with van der Waals surface area (Å²) in [5, 5.41) is 8.45. The Bertz CT molecular complexity index is 259. The Morgan fingerprint density at radius 3 is 2.07 bits per heavy atom. The SMILES string of the molecule is CC.CC.Cc1ccnc(C(=O)O)c1. The molecule has 1 aromatic rings. The number of carboxylic acids is 1.